The normalized spacial score (nSPS) is 10.8. The molecule has 0 aliphatic heterocycles. The number of rotatable bonds is 10. The molecular weight excluding hydrogens is 446 g/mol. The van der Waals surface area contributed by atoms with E-state index in [9.17, 15) is 4.79 Å². The van der Waals surface area contributed by atoms with Crippen LogP contribution in [-0.4, -0.2) is 55.7 Å². The van der Waals surface area contributed by atoms with Crippen LogP contribution >= 0.6 is 23.7 Å². The van der Waals surface area contributed by atoms with Crippen molar-refractivity contribution in [1.29, 1.82) is 0 Å². The van der Waals surface area contributed by atoms with Gasteiger partial charge in [0.15, 0.2) is 11.7 Å². The highest BCUT2D eigenvalue weighted by molar-refractivity contribution is 7.22. The van der Waals surface area contributed by atoms with E-state index in [0.29, 0.717) is 17.4 Å². The van der Waals surface area contributed by atoms with Gasteiger partial charge in [-0.05, 0) is 56.3 Å². The molecule has 174 valence electrons. The molecule has 0 bridgehead atoms. The van der Waals surface area contributed by atoms with Crippen LogP contribution in [0.3, 0.4) is 0 Å². The van der Waals surface area contributed by atoms with E-state index in [-0.39, 0.29) is 24.9 Å². The van der Waals surface area contributed by atoms with Crippen LogP contribution in [0.2, 0.25) is 0 Å². The Morgan fingerprint density at radius 1 is 1.09 bits per heavy atom. The number of ether oxygens (including phenoxy) is 2. The molecule has 1 heterocycles. The summed E-state index contributed by atoms with van der Waals surface area (Å²) in [5, 5.41) is 0.674. The van der Waals surface area contributed by atoms with Crippen LogP contribution in [0.1, 0.15) is 25.0 Å². The predicted octanol–water partition coefficient (Wildman–Crippen LogP) is 5.10. The molecule has 0 saturated heterocycles. The molecular formula is C24H32ClN3O3S. The number of likely N-dealkylation sites (N-methyl/N-ethyl adjacent to an activating group) is 1. The number of hydrogen-bond acceptors (Lipinski definition) is 6. The lowest BCUT2D eigenvalue weighted by Crippen LogP contribution is -2.41. The molecule has 6 nitrogen and oxygen atoms in total. The Kier molecular flexibility index (Phi) is 9.75. The van der Waals surface area contributed by atoms with Gasteiger partial charge < -0.3 is 14.4 Å². The van der Waals surface area contributed by atoms with Crippen LogP contribution in [0.15, 0.2) is 36.4 Å². The van der Waals surface area contributed by atoms with Crippen molar-refractivity contribution in [2.75, 3.05) is 44.8 Å². The SMILES string of the molecule is CCN(CC)CCN(C(=O)COc1cccc(C)c1)c1nc2c(OC)ccc(C)c2s1.Cl. The standard InChI is InChI=1S/C24H31N3O3S.ClH/c1-6-26(7-2)13-14-27(21(28)16-30-19-10-8-9-17(3)15-19)24-25-22-20(29-5)12-11-18(4)23(22)31-24;/h8-12,15H,6-7,13-14,16H2,1-5H3;1H. The first kappa shape index (κ1) is 25.9. The predicted molar refractivity (Wildman–Crippen MR) is 135 cm³/mol. The van der Waals surface area contributed by atoms with Crippen molar-refractivity contribution in [3.8, 4) is 11.5 Å². The van der Waals surface area contributed by atoms with Crippen LogP contribution in [-0.2, 0) is 4.79 Å². The van der Waals surface area contributed by atoms with Crippen LogP contribution in [0.4, 0.5) is 5.13 Å². The highest BCUT2D eigenvalue weighted by Gasteiger charge is 2.22. The van der Waals surface area contributed by atoms with Gasteiger partial charge in [0.1, 0.15) is 17.0 Å². The Morgan fingerprint density at radius 2 is 1.84 bits per heavy atom. The molecule has 0 saturated carbocycles. The number of anilines is 1. The van der Waals surface area contributed by atoms with Gasteiger partial charge in [-0.15, -0.1) is 12.4 Å². The van der Waals surface area contributed by atoms with Gasteiger partial charge in [-0.1, -0.05) is 43.4 Å². The van der Waals surface area contributed by atoms with Gasteiger partial charge in [-0.25, -0.2) is 4.98 Å². The van der Waals surface area contributed by atoms with Gasteiger partial charge in [-0.2, -0.15) is 0 Å². The first-order valence-corrected chi connectivity index (χ1v) is 11.4. The third-order valence-corrected chi connectivity index (χ3v) is 6.54. The number of fused-ring (bicyclic) bond motifs is 1. The Morgan fingerprint density at radius 3 is 2.50 bits per heavy atom. The number of carbonyl (C=O) groups excluding carboxylic acids is 1. The van der Waals surface area contributed by atoms with E-state index in [4.69, 9.17) is 14.5 Å². The number of thiazole rings is 1. The second-order valence-corrected chi connectivity index (χ2v) is 8.41. The summed E-state index contributed by atoms with van der Waals surface area (Å²) in [6, 6.07) is 11.7. The third kappa shape index (κ3) is 6.12. The molecule has 2 aromatic carbocycles. The van der Waals surface area contributed by atoms with Crippen molar-refractivity contribution in [1.82, 2.24) is 9.88 Å². The molecule has 32 heavy (non-hydrogen) atoms. The minimum absolute atomic E-state index is 0. The van der Waals surface area contributed by atoms with Gasteiger partial charge >= 0.3 is 0 Å². The number of hydrogen-bond donors (Lipinski definition) is 0. The number of carbonyl (C=O) groups is 1. The fraction of sp³-hybridized carbons (Fsp3) is 0.417. The highest BCUT2D eigenvalue weighted by atomic mass is 35.5. The number of halogens is 1. The summed E-state index contributed by atoms with van der Waals surface area (Å²) >= 11 is 1.52. The number of benzene rings is 2. The van der Waals surface area contributed by atoms with Crippen LogP contribution in [0, 0.1) is 13.8 Å². The maximum absolute atomic E-state index is 13.2. The zero-order valence-corrected chi connectivity index (χ0v) is 21.0. The van der Waals surface area contributed by atoms with Gasteiger partial charge in [0.2, 0.25) is 0 Å². The van der Waals surface area contributed by atoms with E-state index < -0.39 is 0 Å². The fourth-order valence-corrected chi connectivity index (χ4v) is 4.51. The summed E-state index contributed by atoms with van der Waals surface area (Å²) in [4.78, 5) is 22.1. The molecule has 0 spiro atoms. The second-order valence-electron chi connectivity index (χ2n) is 7.44. The van der Waals surface area contributed by atoms with Gasteiger partial charge in [0, 0.05) is 13.1 Å². The second kappa shape index (κ2) is 12.0. The van der Waals surface area contributed by atoms with Crippen molar-refractivity contribution in [2.24, 2.45) is 0 Å². The number of methoxy groups -OCH3 is 1. The first-order valence-electron chi connectivity index (χ1n) is 10.6. The minimum atomic E-state index is -0.107. The fourth-order valence-electron chi connectivity index (χ4n) is 3.41. The zero-order valence-electron chi connectivity index (χ0n) is 19.4. The van der Waals surface area contributed by atoms with Crippen molar-refractivity contribution in [3.63, 3.8) is 0 Å². The summed E-state index contributed by atoms with van der Waals surface area (Å²) in [5.41, 5.74) is 3.01. The minimum Gasteiger partial charge on any atom is -0.494 e. The lowest BCUT2D eigenvalue weighted by Gasteiger charge is -2.24. The number of aromatic nitrogens is 1. The van der Waals surface area contributed by atoms with Crippen molar-refractivity contribution in [2.45, 2.75) is 27.7 Å². The summed E-state index contributed by atoms with van der Waals surface area (Å²) in [5.74, 6) is 1.30. The molecule has 3 rings (SSSR count). The molecule has 0 aliphatic carbocycles. The van der Waals surface area contributed by atoms with Crippen molar-refractivity contribution >= 4 is 45.0 Å². The Balaban J connectivity index is 0.00000363. The lowest BCUT2D eigenvalue weighted by atomic mass is 10.2. The maximum Gasteiger partial charge on any atom is 0.266 e. The van der Waals surface area contributed by atoms with Gasteiger partial charge in [-0.3, -0.25) is 9.69 Å². The van der Waals surface area contributed by atoms with Gasteiger partial charge in [0.25, 0.3) is 5.91 Å². The molecule has 0 unspecified atom stereocenters. The highest BCUT2D eigenvalue weighted by Crippen LogP contribution is 2.36. The summed E-state index contributed by atoms with van der Waals surface area (Å²) in [6.07, 6.45) is 0. The summed E-state index contributed by atoms with van der Waals surface area (Å²) in [7, 11) is 1.64. The Hall–Kier alpha value is -2.35. The number of aryl methyl sites for hydroxylation is 2. The third-order valence-electron chi connectivity index (χ3n) is 5.33. The number of amides is 1. The average Bonchev–Trinajstić information content (AvgIpc) is 3.21. The van der Waals surface area contributed by atoms with E-state index in [0.717, 1.165) is 46.7 Å². The first-order chi connectivity index (χ1) is 15.0. The molecule has 0 fully saturated rings. The Labute approximate surface area is 200 Å². The van der Waals surface area contributed by atoms with Crippen molar-refractivity contribution in [3.05, 3.63) is 47.5 Å². The van der Waals surface area contributed by atoms with Crippen LogP contribution < -0.4 is 14.4 Å². The van der Waals surface area contributed by atoms with Gasteiger partial charge in [0.05, 0.1) is 11.8 Å². The Bertz CT molecular complexity index is 1040. The smallest absolute Gasteiger partial charge is 0.266 e. The van der Waals surface area contributed by atoms with E-state index in [1.807, 2.05) is 50.2 Å². The number of nitrogens with zero attached hydrogens (tertiary/aromatic N) is 3. The quantitative estimate of drug-likeness (QED) is 0.406. The summed E-state index contributed by atoms with van der Waals surface area (Å²) < 4.78 is 12.3. The van der Waals surface area contributed by atoms with Crippen LogP contribution in [0.25, 0.3) is 10.2 Å². The van der Waals surface area contributed by atoms with Crippen LogP contribution in [0.5, 0.6) is 11.5 Å². The molecule has 8 heteroatoms. The molecule has 1 aromatic heterocycles. The van der Waals surface area contributed by atoms with E-state index in [2.05, 4.69) is 18.7 Å². The van der Waals surface area contributed by atoms with E-state index in [1.165, 1.54) is 11.3 Å². The topological polar surface area (TPSA) is 54.9 Å². The largest absolute Gasteiger partial charge is 0.494 e. The lowest BCUT2D eigenvalue weighted by molar-refractivity contribution is -0.120. The molecule has 0 atom stereocenters. The summed E-state index contributed by atoms with van der Waals surface area (Å²) in [6.45, 7) is 11.5. The molecule has 0 radical (unpaired) electrons. The zero-order chi connectivity index (χ0) is 22.4. The molecule has 0 N–H and O–H groups in total. The van der Waals surface area contributed by atoms with E-state index in [1.54, 1.807) is 12.0 Å². The van der Waals surface area contributed by atoms with E-state index >= 15 is 0 Å². The monoisotopic (exact) mass is 477 g/mol. The molecule has 3 aromatic rings. The molecule has 1 amide bonds. The average molecular weight is 478 g/mol. The van der Waals surface area contributed by atoms with Crippen molar-refractivity contribution < 1.29 is 14.3 Å². The maximum atomic E-state index is 13.2. The molecule has 0 aliphatic rings.